The summed E-state index contributed by atoms with van der Waals surface area (Å²) in [4.78, 5) is 15.9. The SMILES string of the molecule is CC(=O)C=C(C)CS(=O)(=O)C1=CC(C)(C)ON1. The van der Waals surface area contributed by atoms with Crippen molar-refractivity contribution in [2.75, 3.05) is 5.75 Å². The van der Waals surface area contributed by atoms with E-state index in [-0.39, 0.29) is 16.6 Å². The Labute approximate surface area is 101 Å². The molecule has 0 unspecified atom stereocenters. The van der Waals surface area contributed by atoms with Crippen LogP contribution in [-0.2, 0) is 19.5 Å². The average Bonchev–Trinajstić information content (AvgIpc) is 2.43. The molecule has 0 saturated carbocycles. The molecule has 0 atom stereocenters. The minimum Gasteiger partial charge on any atom is -0.295 e. The van der Waals surface area contributed by atoms with Gasteiger partial charge in [0.1, 0.15) is 5.60 Å². The molecule has 0 aromatic rings. The fraction of sp³-hybridized carbons (Fsp3) is 0.545. The molecule has 0 amide bonds. The van der Waals surface area contributed by atoms with Gasteiger partial charge >= 0.3 is 0 Å². The maximum Gasteiger partial charge on any atom is 0.198 e. The van der Waals surface area contributed by atoms with Crippen molar-refractivity contribution in [3.05, 3.63) is 22.8 Å². The molecule has 1 aliphatic heterocycles. The summed E-state index contributed by atoms with van der Waals surface area (Å²) in [6.45, 7) is 6.50. The molecule has 0 saturated heterocycles. The zero-order chi connectivity index (χ0) is 13.3. The Morgan fingerprint density at radius 2 is 2.06 bits per heavy atom. The normalized spacial score (nSPS) is 19.8. The van der Waals surface area contributed by atoms with Crippen LogP contribution in [0.2, 0.25) is 0 Å². The van der Waals surface area contributed by atoms with Gasteiger partial charge in [-0.15, -0.1) is 0 Å². The molecule has 5 nitrogen and oxygen atoms in total. The largest absolute Gasteiger partial charge is 0.295 e. The third-order valence-corrected chi connectivity index (χ3v) is 3.80. The van der Waals surface area contributed by atoms with Gasteiger partial charge in [0, 0.05) is 0 Å². The second-order valence-electron chi connectivity index (χ2n) is 4.68. The van der Waals surface area contributed by atoms with Crippen molar-refractivity contribution >= 4 is 15.6 Å². The number of rotatable bonds is 4. The third kappa shape index (κ3) is 3.98. The zero-order valence-electron chi connectivity index (χ0n) is 10.4. The van der Waals surface area contributed by atoms with Gasteiger partial charge < -0.3 is 0 Å². The van der Waals surface area contributed by atoms with Gasteiger partial charge in [-0.05, 0) is 39.8 Å². The van der Waals surface area contributed by atoms with Crippen molar-refractivity contribution in [1.29, 1.82) is 0 Å². The number of carbonyl (C=O) groups is 1. The summed E-state index contributed by atoms with van der Waals surface area (Å²) in [7, 11) is -3.47. The lowest BCUT2D eigenvalue weighted by molar-refractivity contribution is -0.112. The van der Waals surface area contributed by atoms with E-state index in [9.17, 15) is 13.2 Å². The highest BCUT2D eigenvalue weighted by Gasteiger charge is 2.31. The van der Waals surface area contributed by atoms with Gasteiger partial charge in [0.15, 0.2) is 20.6 Å². The molecule has 0 bridgehead atoms. The quantitative estimate of drug-likeness (QED) is 0.765. The Morgan fingerprint density at radius 3 is 2.47 bits per heavy atom. The lowest BCUT2D eigenvalue weighted by Crippen LogP contribution is -2.23. The van der Waals surface area contributed by atoms with Crippen molar-refractivity contribution in [1.82, 2.24) is 5.48 Å². The number of allylic oxidation sites excluding steroid dienone is 1. The summed E-state index contributed by atoms with van der Waals surface area (Å²) in [6.07, 6.45) is 2.84. The number of hydroxylamine groups is 1. The molecule has 6 heteroatoms. The van der Waals surface area contributed by atoms with E-state index in [1.54, 1.807) is 20.8 Å². The average molecular weight is 259 g/mol. The fourth-order valence-electron chi connectivity index (χ4n) is 1.48. The molecule has 0 aromatic heterocycles. The molecule has 1 aliphatic rings. The van der Waals surface area contributed by atoms with Crippen LogP contribution in [0.1, 0.15) is 27.7 Å². The smallest absolute Gasteiger partial charge is 0.198 e. The van der Waals surface area contributed by atoms with Gasteiger partial charge in [-0.2, -0.15) is 0 Å². The van der Waals surface area contributed by atoms with Crippen molar-refractivity contribution in [2.45, 2.75) is 33.3 Å². The maximum absolute atomic E-state index is 11.9. The van der Waals surface area contributed by atoms with Gasteiger partial charge in [0.25, 0.3) is 0 Å². The summed E-state index contributed by atoms with van der Waals surface area (Å²) in [5, 5.41) is 0.0544. The maximum atomic E-state index is 11.9. The molecule has 0 spiro atoms. The summed E-state index contributed by atoms with van der Waals surface area (Å²) >= 11 is 0. The van der Waals surface area contributed by atoms with E-state index >= 15 is 0 Å². The summed E-state index contributed by atoms with van der Waals surface area (Å²) in [5.41, 5.74) is 2.27. The van der Waals surface area contributed by atoms with Crippen LogP contribution >= 0.6 is 0 Å². The van der Waals surface area contributed by atoms with E-state index in [1.165, 1.54) is 19.1 Å². The molecular weight excluding hydrogens is 242 g/mol. The first kappa shape index (κ1) is 13.9. The van der Waals surface area contributed by atoms with Crippen LogP contribution < -0.4 is 5.48 Å². The first-order valence-electron chi connectivity index (χ1n) is 5.20. The van der Waals surface area contributed by atoms with Gasteiger partial charge in [-0.3, -0.25) is 15.1 Å². The second-order valence-corrected chi connectivity index (χ2v) is 6.63. The number of carbonyl (C=O) groups excluding carboxylic acids is 1. The number of hydrogen-bond acceptors (Lipinski definition) is 5. The van der Waals surface area contributed by atoms with E-state index in [4.69, 9.17) is 4.84 Å². The van der Waals surface area contributed by atoms with E-state index in [0.717, 1.165) is 0 Å². The monoisotopic (exact) mass is 259 g/mol. The molecule has 0 aromatic carbocycles. The van der Waals surface area contributed by atoms with Crippen molar-refractivity contribution in [3.8, 4) is 0 Å². The van der Waals surface area contributed by atoms with Crippen LogP contribution in [0.25, 0.3) is 0 Å². The molecule has 96 valence electrons. The Balaban J connectivity index is 2.88. The standard InChI is InChI=1S/C11H17NO4S/c1-8(5-9(2)13)7-17(14,15)10-6-11(3,4)16-12-10/h5-6,12H,7H2,1-4H3. The minimum atomic E-state index is -3.47. The van der Waals surface area contributed by atoms with Crippen LogP contribution in [0.3, 0.4) is 0 Å². The van der Waals surface area contributed by atoms with E-state index in [0.29, 0.717) is 5.57 Å². The lowest BCUT2D eigenvalue weighted by Gasteiger charge is -2.11. The second kappa shape index (κ2) is 4.62. The fourth-order valence-corrected chi connectivity index (χ4v) is 2.95. The van der Waals surface area contributed by atoms with Crippen LogP contribution in [-0.4, -0.2) is 25.6 Å². The third-order valence-electron chi connectivity index (χ3n) is 2.10. The van der Waals surface area contributed by atoms with Crippen LogP contribution in [0.15, 0.2) is 22.8 Å². The minimum absolute atomic E-state index is 0.0544. The molecule has 1 N–H and O–H groups in total. The van der Waals surface area contributed by atoms with Gasteiger partial charge in [-0.1, -0.05) is 5.57 Å². The first-order valence-corrected chi connectivity index (χ1v) is 6.85. The Bertz CT molecular complexity index is 486. The van der Waals surface area contributed by atoms with Crippen molar-refractivity contribution in [3.63, 3.8) is 0 Å². The molecular formula is C11H17NO4S. The first-order chi connectivity index (χ1) is 7.62. The van der Waals surface area contributed by atoms with Crippen molar-refractivity contribution in [2.24, 2.45) is 0 Å². The molecule has 0 fully saturated rings. The Kier molecular flexibility index (Phi) is 3.78. The van der Waals surface area contributed by atoms with Gasteiger partial charge in [-0.25, -0.2) is 8.42 Å². The number of ketones is 1. The van der Waals surface area contributed by atoms with E-state index < -0.39 is 15.4 Å². The van der Waals surface area contributed by atoms with Gasteiger partial charge in [0.05, 0.1) is 5.75 Å². The van der Waals surface area contributed by atoms with Crippen LogP contribution in [0.4, 0.5) is 0 Å². The Hall–Kier alpha value is -1.14. The predicted molar refractivity (Wildman–Crippen MR) is 64.6 cm³/mol. The van der Waals surface area contributed by atoms with E-state index in [1.807, 2.05) is 0 Å². The molecule has 0 aliphatic carbocycles. The van der Waals surface area contributed by atoms with Crippen LogP contribution in [0, 0.1) is 0 Å². The number of sulfone groups is 1. The Morgan fingerprint density at radius 1 is 1.47 bits per heavy atom. The van der Waals surface area contributed by atoms with Gasteiger partial charge in [0.2, 0.25) is 0 Å². The topological polar surface area (TPSA) is 72.5 Å². The molecule has 1 rings (SSSR count). The lowest BCUT2D eigenvalue weighted by atomic mass is 10.1. The summed E-state index contributed by atoms with van der Waals surface area (Å²) in [5.74, 6) is -0.354. The zero-order valence-corrected chi connectivity index (χ0v) is 11.2. The number of hydrogen-bond donors (Lipinski definition) is 1. The highest BCUT2D eigenvalue weighted by molar-refractivity contribution is 7.95. The van der Waals surface area contributed by atoms with E-state index in [2.05, 4.69) is 5.48 Å². The highest BCUT2D eigenvalue weighted by Crippen LogP contribution is 2.22. The summed E-state index contributed by atoms with van der Waals surface area (Å²) in [6, 6.07) is 0. The molecule has 1 heterocycles. The molecule has 17 heavy (non-hydrogen) atoms. The highest BCUT2D eigenvalue weighted by atomic mass is 32.2. The predicted octanol–water partition coefficient (Wildman–Crippen LogP) is 1.09. The summed E-state index contributed by atoms with van der Waals surface area (Å²) < 4.78 is 23.9. The van der Waals surface area contributed by atoms with Crippen molar-refractivity contribution < 1.29 is 18.0 Å². The van der Waals surface area contributed by atoms with Crippen LogP contribution in [0.5, 0.6) is 0 Å². The number of nitrogens with one attached hydrogen (secondary N) is 1. The molecule has 0 radical (unpaired) electrons.